The number of hydrogen-bond donors (Lipinski definition) is 2. The SMILES string of the molecule is Cc1ccc(CNC(=O)C2CC3CCCC(C2)C3N)c(OC(C)C)c1.Cl. The maximum absolute atomic E-state index is 12.7. The summed E-state index contributed by atoms with van der Waals surface area (Å²) in [4.78, 5) is 12.7. The summed E-state index contributed by atoms with van der Waals surface area (Å²) in [6, 6.07) is 6.48. The van der Waals surface area contributed by atoms with Crippen LogP contribution in [0.3, 0.4) is 0 Å². The first kappa shape index (κ1) is 21.0. The molecule has 2 bridgehead atoms. The van der Waals surface area contributed by atoms with E-state index in [0.717, 1.165) is 24.2 Å². The summed E-state index contributed by atoms with van der Waals surface area (Å²) in [5, 5.41) is 3.15. The number of rotatable bonds is 5. The van der Waals surface area contributed by atoms with Gasteiger partial charge in [0.15, 0.2) is 0 Å². The van der Waals surface area contributed by atoms with Crippen molar-refractivity contribution in [2.45, 2.75) is 71.6 Å². The molecule has 3 N–H and O–H groups in total. The van der Waals surface area contributed by atoms with E-state index < -0.39 is 0 Å². The van der Waals surface area contributed by atoms with Gasteiger partial charge in [-0.3, -0.25) is 4.79 Å². The summed E-state index contributed by atoms with van der Waals surface area (Å²) in [6.45, 7) is 6.63. The van der Waals surface area contributed by atoms with Gasteiger partial charge in [0, 0.05) is 24.1 Å². The molecule has 26 heavy (non-hydrogen) atoms. The highest BCUT2D eigenvalue weighted by atomic mass is 35.5. The average Bonchev–Trinajstić information content (AvgIpc) is 2.53. The number of hydrogen-bond acceptors (Lipinski definition) is 3. The van der Waals surface area contributed by atoms with E-state index in [4.69, 9.17) is 10.5 Å². The molecule has 0 aliphatic heterocycles. The molecule has 2 aliphatic rings. The minimum atomic E-state index is 0. The molecule has 2 fully saturated rings. The Morgan fingerprint density at radius 3 is 2.54 bits per heavy atom. The predicted octanol–water partition coefficient (Wildman–Crippen LogP) is 3.97. The first-order valence-corrected chi connectivity index (χ1v) is 9.73. The molecule has 1 aromatic carbocycles. The number of halogens is 1. The summed E-state index contributed by atoms with van der Waals surface area (Å²) in [6.07, 6.45) is 5.67. The van der Waals surface area contributed by atoms with Crippen LogP contribution in [0, 0.1) is 24.7 Å². The Hall–Kier alpha value is -1.26. The van der Waals surface area contributed by atoms with Crippen LogP contribution in [-0.4, -0.2) is 18.1 Å². The largest absolute Gasteiger partial charge is 0.491 e. The fourth-order valence-electron chi connectivity index (χ4n) is 4.50. The Bertz CT molecular complexity index is 606. The minimum absolute atomic E-state index is 0. The quantitative estimate of drug-likeness (QED) is 0.812. The summed E-state index contributed by atoms with van der Waals surface area (Å²) < 4.78 is 5.91. The Balaban J connectivity index is 0.00000243. The monoisotopic (exact) mass is 380 g/mol. The van der Waals surface area contributed by atoms with Crippen molar-refractivity contribution in [3.8, 4) is 5.75 Å². The van der Waals surface area contributed by atoms with Gasteiger partial charge in [0.1, 0.15) is 5.75 Å². The molecule has 4 nitrogen and oxygen atoms in total. The molecule has 2 saturated carbocycles. The lowest BCUT2D eigenvalue weighted by molar-refractivity contribution is -0.128. The maximum Gasteiger partial charge on any atom is 0.223 e. The topological polar surface area (TPSA) is 64.4 Å². The second-order valence-electron chi connectivity index (χ2n) is 8.19. The number of carbonyl (C=O) groups is 1. The Morgan fingerprint density at radius 2 is 1.92 bits per heavy atom. The van der Waals surface area contributed by atoms with E-state index in [1.807, 2.05) is 19.9 Å². The number of ether oxygens (including phenoxy) is 1. The van der Waals surface area contributed by atoms with Gasteiger partial charge in [0.2, 0.25) is 5.91 Å². The molecule has 1 aromatic rings. The van der Waals surface area contributed by atoms with E-state index in [-0.39, 0.29) is 30.3 Å². The van der Waals surface area contributed by atoms with Crippen LogP contribution >= 0.6 is 12.4 Å². The normalized spacial score (nSPS) is 27.6. The van der Waals surface area contributed by atoms with Gasteiger partial charge in [0.05, 0.1) is 6.10 Å². The molecular weight excluding hydrogens is 348 g/mol. The average molecular weight is 381 g/mol. The second-order valence-corrected chi connectivity index (χ2v) is 8.19. The fraction of sp³-hybridized carbons (Fsp3) is 0.667. The van der Waals surface area contributed by atoms with E-state index in [9.17, 15) is 4.79 Å². The predicted molar refractivity (Wildman–Crippen MR) is 108 cm³/mol. The molecule has 2 aliphatic carbocycles. The first-order chi connectivity index (χ1) is 11.9. The van der Waals surface area contributed by atoms with Crippen LogP contribution in [-0.2, 0) is 11.3 Å². The zero-order chi connectivity index (χ0) is 18.0. The van der Waals surface area contributed by atoms with Gasteiger partial charge in [-0.05, 0) is 69.9 Å². The Labute approximate surface area is 163 Å². The van der Waals surface area contributed by atoms with E-state index >= 15 is 0 Å². The third-order valence-electron chi connectivity index (χ3n) is 5.82. The van der Waals surface area contributed by atoms with Crippen molar-refractivity contribution < 1.29 is 9.53 Å². The summed E-state index contributed by atoms with van der Waals surface area (Å²) in [7, 11) is 0. The molecule has 0 spiro atoms. The third kappa shape index (κ3) is 4.92. The smallest absolute Gasteiger partial charge is 0.223 e. The lowest BCUT2D eigenvalue weighted by Gasteiger charge is -2.43. The number of fused-ring (bicyclic) bond motifs is 2. The van der Waals surface area contributed by atoms with Gasteiger partial charge < -0.3 is 15.8 Å². The molecular formula is C21H33ClN2O2. The van der Waals surface area contributed by atoms with Gasteiger partial charge in [-0.15, -0.1) is 12.4 Å². The number of carbonyl (C=O) groups excluding carboxylic acids is 1. The van der Waals surface area contributed by atoms with Crippen molar-refractivity contribution in [3.05, 3.63) is 29.3 Å². The van der Waals surface area contributed by atoms with Crippen LogP contribution < -0.4 is 15.8 Å². The van der Waals surface area contributed by atoms with Crippen molar-refractivity contribution >= 4 is 18.3 Å². The molecule has 3 rings (SSSR count). The molecule has 0 saturated heterocycles. The highest BCUT2D eigenvalue weighted by molar-refractivity contribution is 5.85. The number of nitrogens with one attached hydrogen (secondary N) is 1. The highest BCUT2D eigenvalue weighted by Crippen LogP contribution is 2.41. The van der Waals surface area contributed by atoms with Crippen molar-refractivity contribution in [3.63, 3.8) is 0 Å². The molecule has 0 radical (unpaired) electrons. The van der Waals surface area contributed by atoms with Crippen molar-refractivity contribution in [1.82, 2.24) is 5.32 Å². The summed E-state index contributed by atoms with van der Waals surface area (Å²) >= 11 is 0. The molecule has 2 atom stereocenters. The zero-order valence-corrected chi connectivity index (χ0v) is 17.0. The van der Waals surface area contributed by atoms with Gasteiger partial charge in [-0.2, -0.15) is 0 Å². The molecule has 0 heterocycles. The first-order valence-electron chi connectivity index (χ1n) is 9.73. The standard InChI is InChI=1S/C21H32N2O2.ClH/c1-13(2)25-19-9-14(3)7-8-17(19)12-23-21(24)18-10-15-5-4-6-16(11-18)20(15)22;/h7-9,13,15-16,18,20H,4-6,10-12,22H2,1-3H3,(H,23,24);1H. The number of aryl methyl sites for hydroxylation is 1. The van der Waals surface area contributed by atoms with Crippen LogP contribution in [0.1, 0.15) is 57.1 Å². The molecule has 1 amide bonds. The second kappa shape index (κ2) is 9.09. The Morgan fingerprint density at radius 1 is 1.27 bits per heavy atom. The van der Waals surface area contributed by atoms with Crippen LogP contribution in [0.2, 0.25) is 0 Å². The lowest BCUT2D eigenvalue weighted by Crippen LogP contribution is -2.49. The van der Waals surface area contributed by atoms with Crippen molar-refractivity contribution in [2.75, 3.05) is 0 Å². The molecule has 5 heteroatoms. The van der Waals surface area contributed by atoms with Crippen LogP contribution in [0.5, 0.6) is 5.75 Å². The number of nitrogens with two attached hydrogens (primary N) is 1. The van der Waals surface area contributed by atoms with Crippen LogP contribution in [0.4, 0.5) is 0 Å². The summed E-state index contributed by atoms with van der Waals surface area (Å²) in [5.41, 5.74) is 8.55. The lowest BCUT2D eigenvalue weighted by atomic mass is 9.65. The van der Waals surface area contributed by atoms with Gasteiger partial charge in [-0.25, -0.2) is 0 Å². The van der Waals surface area contributed by atoms with Crippen LogP contribution in [0.15, 0.2) is 18.2 Å². The van der Waals surface area contributed by atoms with Crippen LogP contribution in [0.25, 0.3) is 0 Å². The third-order valence-corrected chi connectivity index (χ3v) is 5.82. The van der Waals surface area contributed by atoms with E-state index in [1.54, 1.807) is 0 Å². The highest BCUT2D eigenvalue weighted by Gasteiger charge is 2.40. The van der Waals surface area contributed by atoms with E-state index in [1.165, 1.54) is 24.8 Å². The summed E-state index contributed by atoms with van der Waals surface area (Å²) in [5.74, 6) is 2.23. The molecule has 146 valence electrons. The van der Waals surface area contributed by atoms with Crippen molar-refractivity contribution in [1.29, 1.82) is 0 Å². The van der Waals surface area contributed by atoms with Crippen molar-refractivity contribution in [2.24, 2.45) is 23.5 Å². The number of benzene rings is 1. The zero-order valence-electron chi connectivity index (χ0n) is 16.2. The maximum atomic E-state index is 12.7. The van der Waals surface area contributed by atoms with Gasteiger partial charge >= 0.3 is 0 Å². The molecule has 2 unspecified atom stereocenters. The fourth-order valence-corrected chi connectivity index (χ4v) is 4.50. The number of amides is 1. The van der Waals surface area contributed by atoms with E-state index in [2.05, 4.69) is 24.4 Å². The minimum Gasteiger partial charge on any atom is -0.491 e. The van der Waals surface area contributed by atoms with Gasteiger partial charge in [0.25, 0.3) is 0 Å². The molecule has 0 aromatic heterocycles. The van der Waals surface area contributed by atoms with Gasteiger partial charge in [-0.1, -0.05) is 18.6 Å². The Kier molecular flexibility index (Phi) is 7.36. The van der Waals surface area contributed by atoms with E-state index in [0.29, 0.717) is 24.4 Å².